The number of anilines is 2. The van der Waals surface area contributed by atoms with E-state index in [1.165, 1.54) is 24.5 Å². The zero-order valence-corrected chi connectivity index (χ0v) is 39.2. The van der Waals surface area contributed by atoms with E-state index >= 15 is 0 Å². The third kappa shape index (κ3) is 10.5. The lowest BCUT2D eigenvalue weighted by molar-refractivity contribution is -0.135. The topological polar surface area (TPSA) is 233 Å². The van der Waals surface area contributed by atoms with Crippen LogP contribution >= 0.6 is 23.2 Å². The second-order valence-electron chi connectivity index (χ2n) is 17.3. The number of carbonyl (C=O) groups excluding carboxylic acids is 1. The molecule has 356 valence electrons. The van der Waals surface area contributed by atoms with Gasteiger partial charge in [-0.3, -0.25) is 4.79 Å². The minimum absolute atomic E-state index is 0.000444. The lowest BCUT2D eigenvalue weighted by Crippen LogP contribution is -2.51. The minimum Gasteiger partial charge on any atom is -0.366 e. The number of H-pyrrole nitrogens is 1. The molecule has 2 aliphatic carbocycles. The largest absolute Gasteiger partial charge is 0.366 e. The molecule has 7 aromatic rings. The number of hydrogen-bond acceptors (Lipinski definition) is 14. The van der Waals surface area contributed by atoms with Gasteiger partial charge < -0.3 is 36.7 Å². The fourth-order valence-electron chi connectivity index (χ4n) is 8.82. The van der Waals surface area contributed by atoms with Crippen LogP contribution in [0.1, 0.15) is 56.9 Å². The number of halogens is 4. The summed E-state index contributed by atoms with van der Waals surface area (Å²) in [6.45, 7) is 3.68. The van der Waals surface area contributed by atoms with Gasteiger partial charge in [-0.2, -0.15) is 0 Å². The lowest BCUT2D eigenvalue weighted by atomic mass is 9.90. The SMILES string of the molecule is Cc1ccc(S(=O)(=O)n2cc(-c3ncc(F)c(N[C@H]4CCC[C@@H](N)C4)n3)c3cc(Cl)cnc32)cc1.O=C(N[C@@H]1CCC[C@H](Nc2nc(-c3c[nH]c4ncc(Cl)cc34)ncc2F)C1)C1CNCCO1. The summed E-state index contributed by atoms with van der Waals surface area (Å²) < 4.78 is 62.7. The standard InChI is InChI=1S/C24H24ClFN6O2S.C22H25ClFN7O2/c1-14-5-7-18(8-6-14)35(33,34)32-13-20(19-9-15(25)11-29-24(19)32)22-28-12-21(26)23(31-22)30-17-4-2-3-16(27)10-17;23-12-6-15-16(9-27-19(15)26-8-12)20-28-10-17(24)21(31-20)29-13-2-1-3-14(7-13)30-22(32)18-11-25-4-5-33-18/h5-9,11-13,16-17H,2-4,10,27H2,1H3,(H,28,30,31);6,8-10,13-14,18,25H,1-5,7,11H2,(H,26,27)(H,30,32)(H,28,29,31)/t16-,17+;13-,14+,18?/m10/s1. The molecule has 1 aliphatic heterocycles. The van der Waals surface area contributed by atoms with Crippen molar-refractivity contribution in [2.75, 3.05) is 30.3 Å². The van der Waals surface area contributed by atoms with Gasteiger partial charge in [-0.05, 0) is 82.6 Å². The first-order valence-electron chi connectivity index (χ1n) is 22.4. The number of hydrogen-bond donors (Lipinski definition) is 6. The summed E-state index contributed by atoms with van der Waals surface area (Å²) in [7, 11) is -3.98. The van der Waals surface area contributed by atoms with Gasteiger partial charge in [0.15, 0.2) is 40.6 Å². The van der Waals surface area contributed by atoms with Crippen molar-refractivity contribution >= 4 is 72.8 Å². The van der Waals surface area contributed by atoms with E-state index in [1.54, 1.807) is 36.7 Å². The average Bonchev–Trinajstić information content (AvgIpc) is 3.93. The van der Waals surface area contributed by atoms with E-state index in [-0.39, 0.29) is 58.1 Å². The van der Waals surface area contributed by atoms with Crippen molar-refractivity contribution in [1.29, 1.82) is 0 Å². The van der Waals surface area contributed by atoms with Gasteiger partial charge in [0.25, 0.3) is 15.9 Å². The molecule has 1 aromatic carbocycles. The molecule has 7 N–H and O–H groups in total. The fraction of sp³-hybridized carbons (Fsp3) is 0.370. The molecule has 1 amide bonds. The predicted octanol–water partition coefficient (Wildman–Crippen LogP) is 7.15. The summed E-state index contributed by atoms with van der Waals surface area (Å²) in [6.07, 6.45) is 14.6. The van der Waals surface area contributed by atoms with Crippen molar-refractivity contribution < 1.29 is 26.7 Å². The molecule has 22 heteroatoms. The molecule has 0 spiro atoms. The number of nitrogens with one attached hydrogen (secondary N) is 5. The Morgan fingerprint density at radius 3 is 2.13 bits per heavy atom. The molecule has 17 nitrogen and oxygen atoms in total. The maximum absolute atomic E-state index is 14.6. The molecule has 2 saturated carbocycles. The molecule has 6 aromatic heterocycles. The third-order valence-corrected chi connectivity index (χ3v) is 14.3. The first kappa shape index (κ1) is 47.2. The van der Waals surface area contributed by atoms with Gasteiger partial charge >= 0.3 is 0 Å². The van der Waals surface area contributed by atoms with Crippen molar-refractivity contribution in [2.45, 2.75) is 93.5 Å². The molecule has 0 bridgehead atoms. The quantitative estimate of drug-likeness (QED) is 0.0799. The van der Waals surface area contributed by atoms with Crippen LogP contribution in [-0.4, -0.2) is 103 Å². The van der Waals surface area contributed by atoms with E-state index in [0.29, 0.717) is 64.0 Å². The van der Waals surface area contributed by atoms with Gasteiger partial charge in [0.2, 0.25) is 0 Å². The number of morpholine rings is 1. The Morgan fingerprint density at radius 2 is 1.46 bits per heavy atom. The smallest absolute Gasteiger partial charge is 0.269 e. The summed E-state index contributed by atoms with van der Waals surface area (Å²) >= 11 is 12.3. The molecule has 3 aliphatic rings. The van der Waals surface area contributed by atoms with Gasteiger partial charge in [0.05, 0.1) is 33.9 Å². The number of aromatic nitrogens is 8. The van der Waals surface area contributed by atoms with Crippen LogP contribution in [0.2, 0.25) is 10.0 Å². The second-order valence-corrected chi connectivity index (χ2v) is 19.9. The summed E-state index contributed by atoms with van der Waals surface area (Å²) in [5.41, 5.74) is 8.89. The van der Waals surface area contributed by atoms with Gasteiger partial charge in [0.1, 0.15) is 11.8 Å². The zero-order chi connectivity index (χ0) is 47.5. The number of rotatable bonds is 10. The van der Waals surface area contributed by atoms with Gasteiger partial charge in [-0.25, -0.2) is 51.1 Å². The normalized spacial score (nSPS) is 20.9. The van der Waals surface area contributed by atoms with Crippen LogP contribution in [0.3, 0.4) is 0 Å². The van der Waals surface area contributed by atoms with Crippen LogP contribution in [0.5, 0.6) is 0 Å². The number of amides is 1. The predicted molar refractivity (Wildman–Crippen MR) is 256 cm³/mol. The van der Waals surface area contributed by atoms with E-state index in [0.717, 1.165) is 72.4 Å². The number of benzene rings is 1. The van der Waals surface area contributed by atoms with E-state index in [9.17, 15) is 22.0 Å². The molecule has 5 atom stereocenters. The van der Waals surface area contributed by atoms with Crippen molar-refractivity contribution in [3.63, 3.8) is 0 Å². The number of fused-ring (bicyclic) bond motifs is 2. The van der Waals surface area contributed by atoms with Gasteiger partial charge in [-0.1, -0.05) is 40.9 Å². The minimum atomic E-state index is -3.98. The Morgan fingerprint density at radius 1 is 0.824 bits per heavy atom. The van der Waals surface area contributed by atoms with E-state index < -0.39 is 27.8 Å². The Labute approximate surface area is 400 Å². The van der Waals surface area contributed by atoms with Crippen LogP contribution in [0, 0.1) is 18.6 Å². The van der Waals surface area contributed by atoms with Crippen LogP contribution < -0.4 is 27.0 Å². The zero-order valence-electron chi connectivity index (χ0n) is 36.9. The van der Waals surface area contributed by atoms with Crippen molar-refractivity contribution in [1.82, 2.24) is 49.5 Å². The highest BCUT2D eigenvalue weighted by Gasteiger charge is 2.30. The monoisotopic (exact) mass is 987 g/mol. The third-order valence-electron chi connectivity index (χ3n) is 12.3. The van der Waals surface area contributed by atoms with Crippen LogP contribution in [0.4, 0.5) is 20.4 Å². The number of nitrogens with two attached hydrogens (primary N) is 1. The number of aryl methyl sites for hydroxylation is 1. The number of ether oxygens (including phenoxy) is 1. The van der Waals surface area contributed by atoms with E-state index in [1.807, 2.05) is 6.92 Å². The van der Waals surface area contributed by atoms with E-state index in [2.05, 4.69) is 56.2 Å². The first-order valence-corrected chi connectivity index (χ1v) is 24.6. The Bertz CT molecular complexity index is 3060. The fourth-order valence-corrected chi connectivity index (χ4v) is 10.5. The maximum Gasteiger partial charge on any atom is 0.269 e. The molecular formula is C46H49Cl2F2N13O4S. The number of aromatic amines is 1. The molecule has 10 rings (SSSR count). The average molecular weight is 989 g/mol. The van der Waals surface area contributed by atoms with Crippen molar-refractivity contribution in [3.05, 3.63) is 101 Å². The molecule has 1 saturated heterocycles. The van der Waals surface area contributed by atoms with Crippen LogP contribution in [0.25, 0.3) is 44.8 Å². The van der Waals surface area contributed by atoms with E-state index in [4.69, 9.17) is 33.7 Å². The first-order chi connectivity index (χ1) is 32.8. The van der Waals surface area contributed by atoms with Gasteiger partial charge in [0, 0.05) is 83.9 Å². The highest BCUT2D eigenvalue weighted by molar-refractivity contribution is 7.90. The molecule has 7 heterocycles. The molecule has 3 fully saturated rings. The number of nitrogens with zero attached hydrogens (tertiary/aromatic N) is 7. The highest BCUT2D eigenvalue weighted by atomic mass is 35.5. The number of pyridine rings is 2. The Balaban J connectivity index is 0.000000170. The van der Waals surface area contributed by atoms with Crippen molar-refractivity contribution in [2.24, 2.45) is 5.73 Å². The second kappa shape index (κ2) is 20.4. The number of carbonyl (C=O) groups is 1. The van der Waals surface area contributed by atoms with Crippen LogP contribution in [0.15, 0.2) is 78.5 Å². The summed E-state index contributed by atoms with van der Waals surface area (Å²) in [5, 5.41) is 14.6. The molecule has 68 heavy (non-hydrogen) atoms. The summed E-state index contributed by atoms with van der Waals surface area (Å²) in [4.78, 5) is 41.3. The maximum atomic E-state index is 14.6. The molecule has 0 radical (unpaired) electrons. The molecule has 1 unspecified atom stereocenters. The Kier molecular flexibility index (Phi) is 14.1. The Hall–Kier alpha value is -5.90. The lowest BCUT2D eigenvalue weighted by Gasteiger charge is -2.32. The van der Waals surface area contributed by atoms with Crippen molar-refractivity contribution in [3.8, 4) is 22.8 Å². The van der Waals surface area contributed by atoms with Crippen LogP contribution in [-0.2, 0) is 19.6 Å². The summed E-state index contributed by atoms with van der Waals surface area (Å²) in [5.74, 6) is -0.511. The molecular weight excluding hydrogens is 940 g/mol. The van der Waals surface area contributed by atoms with Gasteiger partial charge in [-0.15, -0.1) is 0 Å². The highest BCUT2D eigenvalue weighted by Crippen LogP contribution is 2.34. The summed E-state index contributed by atoms with van der Waals surface area (Å²) in [6, 6.07) is 9.93.